The minimum Gasteiger partial charge on any atom is -0.496 e. The van der Waals surface area contributed by atoms with Crippen LogP contribution in [0.4, 0.5) is 5.82 Å². The largest absolute Gasteiger partial charge is 0.496 e. The topological polar surface area (TPSA) is 76.3 Å². The summed E-state index contributed by atoms with van der Waals surface area (Å²) in [5.74, 6) is 1.50. The second-order valence-electron chi connectivity index (χ2n) is 7.81. The smallest absolute Gasteiger partial charge is 0.263 e. The number of para-hydroxylation sites is 1. The fraction of sp³-hybridized carbons (Fsp3) is 0.292. The third-order valence-corrected chi connectivity index (χ3v) is 5.81. The van der Waals surface area contributed by atoms with Crippen LogP contribution in [0.2, 0.25) is 0 Å². The molecule has 31 heavy (non-hydrogen) atoms. The van der Waals surface area contributed by atoms with Crippen molar-refractivity contribution in [1.29, 1.82) is 0 Å². The van der Waals surface area contributed by atoms with Crippen LogP contribution in [0, 0.1) is 0 Å². The van der Waals surface area contributed by atoms with Crippen molar-refractivity contribution in [2.45, 2.75) is 25.4 Å². The summed E-state index contributed by atoms with van der Waals surface area (Å²) in [5.41, 5.74) is 3.38. The highest BCUT2D eigenvalue weighted by Gasteiger charge is 2.23. The van der Waals surface area contributed by atoms with E-state index >= 15 is 0 Å². The number of piperidine rings is 1. The SMILES string of the molecule is COc1ccccc1-c1noc2ncnc(NC3CCN(Cc4ccccc4)CC3)c12. The molecule has 0 spiro atoms. The van der Waals surface area contributed by atoms with E-state index in [1.165, 1.54) is 11.9 Å². The average molecular weight is 415 g/mol. The fourth-order valence-corrected chi connectivity index (χ4v) is 4.19. The molecule has 7 nitrogen and oxygen atoms in total. The molecule has 1 aliphatic heterocycles. The van der Waals surface area contributed by atoms with Crippen LogP contribution in [-0.4, -0.2) is 46.3 Å². The van der Waals surface area contributed by atoms with Crippen molar-refractivity contribution >= 4 is 16.9 Å². The zero-order valence-corrected chi connectivity index (χ0v) is 17.5. The second-order valence-corrected chi connectivity index (χ2v) is 7.81. The zero-order valence-electron chi connectivity index (χ0n) is 17.5. The van der Waals surface area contributed by atoms with Crippen LogP contribution in [0.5, 0.6) is 5.75 Å². The molecule has 158 valence electrons. The van der Waals surface area contributed by atoms with E-state index in [0.29, 0.717) is 17.4 Å². The van der Waals surface area contributed by atoms with E-state index in [-0.39, 0.29) is 0 Å². The molecule has 0 radical (unpaired) electrons. The van der Waals surface area contributed by atoms with E-state index in [1.54, 1.807) is 7.11 Å². The summed E-state index contributed by atoms with van der Waals surface area (Å²) in [6.45, 7) is 3.09. The number of likely N-dealkylation sites (tertiary alicyclic amines) is 1. The molecular weight excluding hydrogens is 390 g/mol. The Morgan fingerprint density at radius 2 is 1.81 bits per heavy atom. The molecule has 5 rings (SSSR count). The summed E-state index contributed by atoms with van der Waals surface area (Å²) < 4.78 is 11.0. The first-order valence-corrected chi connectivity index (χ1v) is 10.6. The Hall–Kier alpha value is -3.45. The Bertz CT molecular complexity index is 1150. The van der Waals surface area contributed by atoms with Gasteiger partial charge in [-0.3, -0.25) is 4.90 Å². The Balaban J connectivity index is 1.34. The van der Waals surface area contributed by atoms with Crippen LogP contribution >= 0.6 is 0 Å². The minimum absolute atomic E-state index is 0.338. The van der Waals surface area contributed by atoms with Crippen molar-refractivity contribution in [2.24, 2.45) is 0 Å². The van der Waals surface area contributed by atoms with Crippen molar-refractivity contribution in [3.8, 4) is 17.0 Å². The van der Waals surface area contributed by atoms with Gasteiger partial charge in [0.25, 0.3) is 5.71 Å². The van der Waals surface area contributed by atoms with E-state index < -0.39 is 0 Å². The van der Waals surface area contributed by atoms with Gasteiger partial charge in [-0.15, -0.1) is 0 Å². The lowest BCUT2D eigenvalue weighted by atomic mass is 10.0. The van der Waals surface area contributed by atoms with Crippen molar-refractivity contribution in [3.63, 3.8) is 0 Å². The molecule has 0 amide bonds. The van der Waals surface area contributed by atoms with Crippen LogP contribution in [-0.2, 0) is 6.54 Å². The van der Waals surface area contributed by atoms with E-state index in [1.807, 2.05) is 24.3 Å². The molecule has 4 aromatic rings. The first-order valence-electron chi connectivity index (χ1n) is 10.6. The van der Waals surface area contributed by atoms with Gasteiger partial charge in [0.15, 0.2) is 0 Å². The van der Waals surface area contributed by atoms with Gasteiger partial charge in [0.05, 0.1) is 7.11 Å². The molecule has 7 heteroatoms. The van der Waals surface area contributed by atoms with E-state index in [9.17, 15) is 0 Å². The minimum atomic E-state index is 0.338. The molecule has 2 aromatic carbocycles. The number of aromatic nitrogens is 3. The summed E-state index contributed by atoms with van der Waals surface area (Å²) in [5, 5.41) is 8.69. The van der Waals surface area contributed by atoms with Gasteiger partial charge < -0.3 is 14.6 Å². The van der Waals surface area contributed by atoms with Gasteiger partial charge in [0.2, 0.25) is 0 Å². The molecule has 0 bridgehead atoms. The standard InChI is InChI=1S/C24H25N5O2/c1-30-20-10-6-5-9-19(20)22-21-23(25-16-26-24(21)31-28-22)27-18-11-13-29(14-12-18)15-17-7-3-2-4-8-17/h2-10,16,18H,11-15H2,1H3,(H,25,26,27). The number of benzene rings is 2. The van der Waals surface area contributed by atoms with E-state index in [0.717, 1.165) is 55.0 Å². The maximum absolute atomic E-state index is 5.52. The molecule has 1 saturated heterocycles. The Labute approximate surface area is 181 Å². The van der Waals surface area contributed by atoms with Crippen molar-refractivity contribution in [1.82, 2.24) is 20.0 Å². The third kappa shape index (κ3) is 4.09. The monoisotopic (exact) mass is 415 g/mol. The normalized spacial score (nSPS) is 15.3. The number of ether oxygens (including phenoxy) is 1. The molecule has 0 aliphatic carbocycles. The number of methoxy groups -OCH3 is 1. The molecule has 1 aliphatic rings. The van der Waals surface area contributed by atoms with Gasteiger partial charge in [-0.05, 0) is 30.5 Å². The number of anilines is 1. The number of hydrogen-bond acceptors (Lipinski definition) is 7. The second kappa shape index (κ2) is 8.73. The zero-order chi connectivity index (χ0) is 21.0. The van der Waals surface area contributed by atoms with E-state index in [2.05, 4.69) is 55.7 Å². The van der Waals surface area contributed by atoms with Gasteiger partial charge in [0, 0.05) is 31.2 Å². The Morgan fingerprint density at radius 3 is 2.61 bits per heavy atom. The Kier molecular flexibility index (Phi) is 5.50. The quantitative estimate of drug-likeness (QED) is 0.501. The number of rotatable bonds is 6. The molecule has 1 N–H and O–H groups in total. The molecule has 2 aromatic heterocycles. The van der Waals surface area contributed by atoms with Crippen LogP contribution in [0.25, 0.3) is 22.4 Å². The van der Waals surface area contributed by atoms with Crippen molar-refractivity contribution in [2.75, 3.05) is 25.5 Å². The molecule has 3 heterocycles. The highest BCUT2D eigenvalue weighted by atomic mass is 16.5. The fourth-order valence-electron chi connectivity index (χ4n) is 4.19. The highest BCUT2D eigenvalue weighted by molar-refractivity contribution is 5.98. The third-order valence-electron chi connectivity index (χ3n) is 5.81. The van der Waals surface area contributed by atoms with Gasteiger partial charge in [-0.2, -0.15) is 4.98 Å². The number of fused-ring (bicyclic) bond motifs is 1. The first kappa shape index (κ1) is 19.5. The summed E-state index contributed by atoms with van der Waals surface area (Å²) in [6.07, 6.45) is 3.62. The number of nitrogens with zero attached hydrogens (tertiary/aromatic N) is 4. The van der Waals surface area contributed by atoms with Gasteiger partial charge >= 0.3 is 0 Å². The highest BCUT2D eigenvalue weighted by Crippen LogP contribution is 2.36. The molecular formula is C24H25N5O2. The maximum atomic E-state index is 5.52. The summed E-state index contributed by atoms with van der Waals surface area (Å²) >= 11 is 0. The number of hydrogen-bond donors (Lipinski definition) is 1. The first-order chi connectivity index (χ1) is 15.3. The van der Waals surface area contributed by atoms with Crippen molar-refractivity contribution < 1.29 is 9.26 Å². The summed E-state index contributed by atoms with van der Waals surface area (Å²) in [7, 11) is 1.65. The molecule has 0 atom stereocenters. The Morgan fingerprint density at radius 1 is 1.03 bits per heavy atom. The average Bonchev–Trinajstić information content (AvgIpc) is 3.26. The van der Waals surface area contributed by atoms with E-state index in [4.69, 9.17) is 9.26 Å². The van der Waals surface area contributed by atoms with Crippen LogP contribution in [0.3, 0.4) is 0 Å². The predicted octanol–water partition coefficient (Wildman–Crippen LogP) is 4.37. The van der Waals surface area contributed by atoms with Crippen LogP contribution in [0.1, 0.15) is 18.4 Å². The van der Waals surface area contributed by atoms with Gasteiger partial charge in [0.1, 0.15) is 29.0 Å². The lowest BCUT2D eigenvalue weighted by Gasteiger charge is -2.32. The van der Waals surface area contributed by atoms with Gasteiger partial charge in [-0.25, -0.2) is 4.98 Å². The summed E-state index contributed by atoms with van der Waals surface area (Å²) in [4.78, 5) is 11.3. The molecule has 1 fully saturated rings. The molecule has 0 saturated carbocycles. The van der Waals surface area contributed by atoms with Crippen LogP contribution < -0.4 is 10.1 Å². The lowest BCUT2D eigenvalue weighted by Crippen LogP contribution is -2.38. The van der Waals surface area contributed by atoms with Gasteiger partial charge in [-0.1, -0.05) is 47.6 Å². The van der Waals surface area contributed by atoms with Crippen molar-refractivity contribution in [3.05, 3.63) is 66.5 Å². The number of nitrogens with one attached hydrogen (secondary N) is 1. The van der Waals surface area contributed by atoms with Crippen LogP contribution in [0.15, 0.2) is 65.4 Å². The lowest BCUT2D eigenvalue weighted by molar-refractivity contribution is 0.211. The predicted molar refractivity (Wildman–Crippen MR) is 120 cm³/mol. The maximum Gasteiger partial charge on any atom is 0.263 e. The molecule has 0 unspecified atom stereocenters. The summed E-state index contributed by atoms with van der Waals surface area (Å²) in [6, 6.07) is 18.7.